The lowest BCUT2D eigenvalue weighted by molar-refractivity contribution is -0.117. The lowest BCUT2D eigenvalue weighted by Crippen LogP contribution is -2.14. The number of allylic oxidation sites excluding steroid dienone is 1. The Hall–Kier alpha value is -3.21. The van der Waals surface area contributed by atoms with E-state index in [-0.39, 0.29) is 12.2 Å². The van der Waals surface area contributed by atoms with E-state index in [0.29, 0.717) is 11.1 Å². The zero-order valence-corrected chi connectivity index (χ0v) is 16.0. The zero-order valence-electron chi connectivity index (χ0n) is 16.0. The van der Waals surface area contributed by atoms with Crippen LogP contribution in [0.2, 0.25) is 0 Å². The number of rotatable bonds is 4. The van der Waals surface area contributed by atoms with Gasteiger partial charge in [0.05, 0.1) is 17.6 Å². The van der Waals surface area contributed by atoms with Gasteiger partial charge in [-0.3, -0.25) is 9.78 Å². The molecule has 28 heavy (non-hydrogen) atoms. The smallest absolute Gasteiger partial charge is 0.221 e. The average Bonchev–Trinajstić information content (AvgIpc) is 2.96. The van der Waals surface area contributed by atoms with Crippen molar-refractivity contribution in [1.29, 1.82) is 0 Å². The highest BCUT2D eigenvalue weighted by molar-refractivity contribution is 6.02. The molecule has 1 aliphatic rings. The summed E-state index contributed by atoms with van der Waals surface area (Å²) in [6.45, 7) is 7.70. The number of hydrogen-bond acceptors (Lipinski definition) is 2. The molecule has 0 saturated carbocycles. The largest absolute Gasteiger partial charge is 0.369 e. The zero-order chi connectivity index (χ0) is 20.0. The second kappa shape index (κ2) is 6.75. The summed E-state index contributed by atoms with van der Waals surface area (Å²) < 4.78 is 15.4. The van der Waals surface area contributed by atoms with Gasteiger partial charge in [0.2, 0.25) is 5.91 Å². The van der Waals surface area contributed by atoms with Crippen molar-refractivity contribution in [2.24, 2.45) is 5.73 Å². The number of pyridine rings is 1. The topological polar surface area (TPSA) is 71.8 Å². The van der Waals surface area contributed by atoms with E-state index < -0.39 is 5.91 Å². The van der Waals surface area contributed by atoms with Gasteiger partial charge in [0.1, 0.15) is 5.82 Å². The molecule has 0 fully saturated rings. The monoisotopic (exact) mass is 375 g/mol. The minimum Gasteiger partial charge on any atom is -0.369 e. The number of H-pyrrole nitrogens is 1. The molecule has 3 aromatic rings. The molecule has 1 aromatic carbocycles. The number of carbonyl (C=O) groups excluding carboxylic acids is 1. The van der Waals surface area contributed by atoms with Crippen LogP contribution < -0.4 is 5.73 Å². The van der Waals surface area contributed by atoms with E-state index in [1.165, 1.54) is 6.07 Å². The minimum absolute atomic E-state index is 0.00697. The van der Waals surface area contributed by atoms with Crippen LogP contribution in [0.4, 0.5) is 4.39 Å². The van der Waals surface area contributed by atoms with Gasteiger partial charge in [-0.1, -0.05) is 12.7 Å². The van der Waals surface area contributed by atoms with Crippen molar-refractivity contribution in [1.82, 2.24) is 9.97 Å². The number of hydrogen-bond donors (Lipinski definition) is 2. The fourth-order valence-corrected chi connectivity index (χ4v) is 4.07. The number of carbonyl (C=O) groups is 1. The van der Waals surface area contributed by atoms with Gasteiger partial charge in [0.15, 0.2) is 0 Å². The lowest BCUT2D eigenvalue weighted by Gasteiger charge is -2.20. The Morgan fingerprint density at radius 2 is 2.18 bits per heavy atom. The second-order valence-corrected chi connectivity index (χ2v) is 7.29. The molecule has 2 aromatic heterocycles. The normalized spacial score (nSPS) is 13.3. The van der Waals surface area contributed by atoms with Crippen molar-refractivity contribution < 1.29 is 9.18 Å². The average molecular weight is 375 g/mol. The summed E-state index contributed by atoms with van der Waals surface area (Å²) in [7, 11) is 0. The maximum Gasteiger partial charge on any atom is 0.221 e. The number of aromatic nitrogens is 2. The van der Waals surface area contributed by atoms with Crippen LogP contribution >= 0.6 is 0 Å². The van der Waals surface area contributed by atoms with E-state index >= 15 is 4.39 Å². The molecule has 0 saturated heterocycles. The molecule has 0 unspecified atom stereocenters. The van der Waals surface area contributed by atoms with Gasteiger partial charge >= 0.3 is 0 Å². The summed E-state index contributed by atoms with van der Waals surface area (Å²) in [6.07, 6.45) is 7.30. The van der Waals surface area contributed by atoms with Crippen LogP contribution in [-0.4, -0.2) is 15.9 Å². The highest BCUT2D eigenvalue weighted by Crippen LogP contribution is 2.40. The van der Waals surface area contributed by atoms with Gasteiger partial charge in [-0.2, -0.15) is 0 Å². The predicted octanol–water partition coefficient (Wildman–Crippen LogP) is 4.37. The molecular weight excluding hydrogens is 353 g/mol. The highest BCUT2D eigenvalue weighted by atomic mass is 19.1. The van der Waals surface area contributed by atoms with Crippen LogP contribution in [0.25, 0.3) is 22.6 Å². The molecule has 4 rings (SSSR count). The number of amides is 1. The first-order valence-electron chi connectivity index (χ1n) is 9.31. The molecule has 4 nitrogen and oxygen atoms in total. The number of halogens is 1. The van der Waals surface area contributed by atoms with Crippen LogP contribution in [0, 0.1) is 19.7 Å². The van der Waals surface area contributed by atoms with Crippen LogP contribution in [0.15, 0.2) is 31.0 Å². The Balaban J connectivity index is 2.01. The Kier molecular flexibility index (Phi) is 4.38. The Labute approximate surface area is 163 Å². The minimum atomic E-state index is -0.485. The SMILES string of the molecule is C=Cc1cc2c(cn1)C(c1c(F)cc(CC(N)=O)c3[nH]c(C)c(C)c13)=CCC2. The van der Waals surface area contributed by atoms with E-state index in [2.05, 4.69) is 22.6 Å². The molecule has 0 spiro atoms. The Morgan fingerprint density at radius 3 is 2.89 bits per heavy atom. The van der Waals surface area contributed by atoms with Gasteiger partial charge in [0.25, 0.3) is 0 Å². The molecule has 1 amide bonds. The number of nitrogens with zero attached hydrogens (tertiary/aromatic N) is 1. The standard InChI is InChI=1S/C23H22FN3O/c1-4-16-8-14-6-5-7-17(18(14)11-26-16)22-19(24)9-15(10-20(25)28)23-21(22)12(2)13(3)27-23/h4,7-9,11,27H,1,5-6,10H2,2-3H3,(H2,25,28). The van der Waals surface area contributed by atoms with Gasteiger partial charge in [-0.05, 0) is 67.2 Å². The van der Waals surface area contributed by atoms with Crippen molar-refractivity contribution in [3.05, 3.63) is 76.0 Å². The third kappa shape index (κ3) is 2.83. The first-order chi connectivity index (χ1) is 13.4. The van der Waals surface area contributed by atoms with E-state index in [1.807, 2.05) is 19.9 Å². The number of aryl methyl sites for hydroxylation is 3. The summed E-state index contributed by atoms with van der Waals surface area (Å²) in [5, 5.41) is 0.806. The molecule has 142 valence electrons. The summed E-state index contributed by atoms with van der Waals surface area (Å²) >= 11 is 0. The van der Waals surface area contributed by atoms with Crippen LogP contribution in [-0.2, 0) is 17.6 Å². The summed E-state index contributed by atoms with van der Waals surface area (Å²) in [4.78, 5) is 19.2. The van der Waals surface area contributed by atoms with E-state index in [1.54, 1.807) is 12.3 Å². The predicted molar refractivity (Wildman–Crippen MR) is 110 cm³/mol. The van der Waals surface area contributed by atoms with Crippen LogP contribution in [0.1, 0.15) is 45.6 Å². The van der Waals surface area contributed by atoms with Gasteiger partial charge < -0.3 is 10.7 Å². The number of aromatic amines is 1. The third-order valence-corrected chi connectivity index (χ3v) is 5.52. The number of benzene rings is 1. The van der Waals surface area contributed by atoms with E-state index in [9.17, 15) is 4.79 Å². The fourth-order valence-electron chi connectivity index (χ4n) is 4.07. The molecule has 5 heteroatoms. The summed E-state index contributed by atoms with van der Waals surface area (Å²) in [5.41, 5.74) is 13.0. The second-order valence-electron chi connectivity index (χ2n) is 7.29. The van der Waals surface area contributed by atoms with Crippen molar-refractivity contribution in [3.63, 3.8) is 0 Å². The number of fused-ring (bicyclic) bond motifs is 2. The Morgan fingerprint density at radius 1 is 1.39 bits per heavy atom. The first kappa shape index (κ1) is 18.2. The third-order valence-electron chi connectivity index (χ3n) is 5.52. The molecule has 0 aliphatic heterocycles. The van der Waals surface area contributed by atoms with Crippen molar-refractivity contribution in [2.75, 3.05) is 0 Å². The lowest BCUT2D eigenvalue weighted by atomic mass is 9.85. The molecule has 0 radical (unpaired) electrons. The van der Waals surface area contributed by atoms with E-state index in [4.69, 9.17) is 5.73 Å². The first-order valence-corrected chi connectivity index (χ1v) is 9.31. The molecule has 2 heterocycles. The maximum absolute atomic E-state index is 15.4. The number of nitrogens with one attached hydrogen (secondary N) is 1. The van der Waals surface area contributed by atoms with Gasteiger partial charge in [-0.25, -0.2) is 4.39 Å². The fraction of sp³-hybridized carbons (Fsp3) is 0.217. The quantitative estimate of drug-likeness (QED) is 0.711. The molecule has 0 bridgehead atoms. The Bertz CT molecular complexity index is 1170. The van der Waals surface area contributed by atoms with Crippen molar-refractivity contribution >= 4 is 28.5 Å². The van der Waals surface area contributed by atoms with Crippen LogP contribution in [0.5, 0.6) is 0 Å². The highest BCUT2D eigenvalue weighted by Gasteiger charge is 2.24. The summed E-state index contributed by atoms with van der Waals surface area (Å²) in [5.74, 6) is -0.834. The molecule has 1 aliphatic carbocycles. The van der Waals surface area contributed by atoms with E-state index in [0.717, 1.165) is 57.4 Å². The number of primary amides is 1. The van der Waals surface area contributed by atoms with Crippen molar-refractivity contribution in [3.8, 4) is 0 Å². The molecule has 3 N–H and O–H groups in total. The molecular formula is C23H22FN3O. The number of nitrogens with two attached hydrogens (primary N) is 1. The van der Waals surface area contributed by atoms with Crippen molar-refractivity contribution in [2.45, 2.75) is 33.1 Å². The maximum atomic E-state index is 15.4. The van der Waals surface area contributed by atoms with Gasteiger partial charge in [0, 0.05) is 28.4 Å². The van der Waals surface area contributed by atoms with Gasteiger partial charge in [-0.15, -0.1) is 0 Å². The summed E-state index contributed by atoms with van der Waals surface area (Å²) in [6, 6.07) is 3.44. The van der Waals surface area contributed by atoms with Crippen LogP contribution in [0.3, 0.4) is 0 Å². The molecule has 0 atom stereocenters.